The summed E-state index contributed by atoms with van der Waals surface area (Å²) in [5.74, 6) is 0. The minimum Gasteiger partial charge on any atom is -0.309 e. The molecule has 0 saturated carbocycles. The van der Waals surface area contributed by atoms with E-state index in [0.29, 0.717) is 77.0 Å². The predicted octanol–water partition coefficient (Wildman–Crippen LogP) is 17.0. The van der Waals surface area contributed by atoms with Crippen molar-refractivity contribution in [2.45, 2.75) is 32.4 Å². The number of rotatable bonds is 5. The molecule has 0 radical (unpaired) electrons. The van der Waals surface area contributed by atoms with Crippen molar-refractivity contribution in [2.24, 2.45) is 0 Å². The second-order valence-corrected chi connectivity index (χ2v) is 16.6. The van der Waals surface area contributed by atoms with Crippen LogP contribution in [0.2, 0.25) is 0 Å². The highest BCUT2D eigenvalue weighted by molar-refractivity contribution is 6.13. The molecule has 0 aliphatic heterocycles. The van der Waals surface area contributed by atoms with E-state index < -0.39 is 40.8 Å². The number of alkyl halides is 9. The van der Waals surface area contributed by atoms with Crippen LogP contribution in [0, 0.1) is 31.8 Å². The number of halogens is 9. The third kappa shape index (κ3) is 7.28. The van der Waals surface area contributed by atoms with Gasteiger partial charge in [0.15, 0.2) is 5.69 Å². The first-order valence-corrected chi connectivity index (χ1v) is 21.0. The maximum atomic E-state index is 15.3. The summed E-state index contributed by atoms with van der Waals surface area (Å²) in [6.07, 6.45) is -14.2. The Morgan fingerprint density at radius 1 is 0.471 bits per heavy atom. The van der Waals surface area contributed by atoms with Crippen LogP contribution in [0.5, 0.6) is 0 Å². The van der Waals surface area contributed by atoms with Gasteiger partial charge in [-0.05, 0) is 126 Å². The van der Waals surface area contributed by atoms with Gasteiger partial charge in [0, 0.05) is 27.1 Å². The standard InChI is InChI=1S/C55H31F9N4/c1-30-19-34(23-37(21-30)53(56,57)58)32-15-17-48-41(25-32)39-9-4-6-13-46(39)67(48)50-28-43(52-44(55(62,63)64)11-8-12-45(52)66-3)51(27-36(50)29-65)68-47-14-7-5-10-40(47)42-26-33(16-18-49(42)68)35-20-31(2)22-38(24-35)54(59,60)61/h4-28H,1-2H3. The Hall–Kier alpha value is -8.29. The summed E-state index contributed by atoms with van der Waals surface area (Å²) in [4.78, 5) is 3.56. The lowest BCUT2D eigenvalue weighted by Crippen LogP contribution is -2.09. The SMILES string of the molecule is [C-]#[N+]c1cccc(C(F)(F)F)c1-c1cc(-n2c3ccccc3c3cc(-c4cc(C)cc(C(F)(F)F)c4)ccc32)c(C#N)cc1-n1c2ccccc2c2cc(-c3cc(C)cc(C(F)(F)F)c3)ccc21. The van der Waals surface area contributed by atoms with Gasteiger partial charge >= 0.3 is 18.5 Å². The number of aryl methyl sites for hydroxylation is 2. The molecule has 0 spiro atoms. The van der Waals surface area contributed by atoms with Gasteiger partial charge in [0.2, 0.25) is 0 Å². The molecule has 68 heavy (non-hydrogen) atoms. The molecule has 2 heterocycles. The summed E-state index contributed by atoms with van der Waals surface area (Å²) in [5.41, 5.74) is 1.09. The van der Waals surface area contributed by atoms with Crippen LogP contribution in [0.15, 0.2) is 152 Å². The van der Waals surface area contributed by atoms with E-state index in [1.807, 2.05) is 0 Å². The Balaban J connectivity index is 1.28. The number of para-hydroxylation sites is 2. The molecule has 0 unspecified atom stereocenters. The maximum Gasteiger partial charge on any atom is 0.416 e. The Labute approximate surface area is 381 Å². The summed E-state index contributed by atoms with van der Waals surface area (Å²) in [7, 11) is 0. The smallest absolute Gasteiger partial charge is 0.309 e. The lowest BCUT2D eigenvalue weighted by molar-refractivity contribution is -0.138. The molecule has 0 bridgehead atoms. The molecule has 8 aromatic carbocycles. The van der Waals surface area contributed by atoms with Gasteiger partial charge in [0.25, 0.3) is 0 Å². The van der Waals surface area contributed by atoms with Gasteiger partial charge in [-0.15, -0.1) is 0 Å². The highest BCUT2D eigenvalue weighted by Crippen LogP contribution is 2.48. The highest BCUT2D eigenvalue weighted by atomic mass is 19.4. The van der Waals surface area contributed by atoms with Gasteiger partial charge in [-0.3, -0.25) is 0 Å². The molecular weight excluding hydrogens is 888 g/mol. The number of fused-ring (bicyclic) bond motifs is 6. The summed E-state index contributed by atoms with van der Waals surface area (Å²) in [6, 6.07) is 40.3. The van der Waals surface area contributed by atoms with Gasteiger partial charge in [0.1, 0.15) is 6.07 Å². The fraction of sp³-hybridized carbons (Fsp3) is 0.0909. The first-order valence-electron chi connectivity index (χ1n) is 21.0. The van der Waals surface area contributed by atoms with Crippen LogP contribution in [0.1, 0.15) is 33.4 Å². The molecule has 0 saturated heterocycles. The predicted molar refractivity (Wildman–Crippen MR) is 247 cm³/mol. The Morgan fingerprint density at radius 2 is 0.956 bits per heavy atom. The molecule has 0 aliphatic rings. The van der Waals surface area contributed by atoms with Crippen molar-refractivity contribution in [3.8, 4) is 50.8 Å². The minimum atomic E-state index is -4.95. The van der Waals surface area contributed by atoms with Crippen molar-refractivity contribution >= 4 is 49.3 Å². The molecule has 0 N–H and O–H groups in total. The molecular formula is C55H31F9N4. The van der Waals surface area contributed by atoms with Crippen LogP contribution >= 0.6 is 0 Å². The van der Waals surface area contributed by atoms with Gasteiger partial charge in [0.05, 0.1) is 62.3 Å². The number of hydrogen-bond acceptors (Lipinski definition) is 1. The molecule has 0 atom stereocenters. The molecule has 334 valence electrons. The van der Waals surface area contributed by atoms with Gasteiger partial charge in [-0.2, -0.15) is 44.8 Å². The third-order valence-electron chi connectivity index (χ3n) is 12.3. The molecule has 10 aromatic rings. The van der Waals surface area contributed by atoms with E-state index in [0.717, 1.165) is 36.4 Å². The fourth-order valence-corrected chi connectivity index (χ4v) is 9.44. The zero-order valence-electron chi connectivity index (χ0n) is 35.6. The largest absolute Gasteiger partial charge is 0.416 e. The molecule has 0 amide bonds. The number of nitrogens with zero attached hydrogens (tertiary/aromatic N) is 4. The summed E-state index contributed by atoms with van der Waals surface area (Å²) in [5, 5.41) is 13.5. The van der Waals surface area contributed by atoms with Gasteiger partial charge in [-0.25, -0.2) is 4.85 Å². The molecule has 13 heteroatoms. The number of aromatic nitrogens is 2. The third-order valence-corrected chi connectivity index (χ3v) is 12.3. The van der Waals surface area contributed by atoms with Crippen molar-refractivity contribution in [3.05, 3.63) is 196 Å². The summed E-state index contributed by atoms with van der Waals surface area (Å²) >= 11 is 0. The monoisotopic (exact) mass is 918 g/mol. The first kappa shape index (κ1) is 43.6. The molecule has 0 fully saturated rings. The van der Waals surface area contributed by atoms with Crippen molar-refractivity contribution in [1.29, 1.82) is 5.26 Å². The number of nitriles is 1. The van der Waals surface area contributed by atoms with Gasteiger partial charge < -0.3 is 9.13 Å². The van der Waals surface area contributed by atoms with E-state index in [1.54, 1.807) is 120 Å². The van der Waals surface area contributed by atoms with E-state index in [1.165, 1.54) is 18.2 Å². The zero-order valence-corrected chi connectivity index (χ0v) is 35.6. The van der Waals surface area contributed by atoms with E-state index >= 15 is 13.2 Å². The Bertz CT molecular complexity index is 3820. The van der Waals surface area contributed by atoms with Gasteiger partial charge in [-0.1, -0.05) is 78.9 Å². The van der Waals surface area contributed by atoms with E-state index in [4.69, 9.17) is 6.57 Å². The van der Waals surface area contributed by atoms with Crippen LogP contribution < -0.4 is 0 Å². The quantitative estimate of drug-likeness (QED) is 0.125. The molecule has 0 aliphatic carbocycles. The lowest BCUT2D eigenvalue weighted by atomic mass is 9.93. The minimum absolute atomic E-state index is 0.0276. The zero-order chi connectivity index (χ0) is 48.0. The number of benzene rings is 8. The number of hydrogen-bond donors (Lipinski definition) is 0. The van der Waals surface area contributed by atoms with E-state index in [-0.39, 0.29) is 28.2 Å². The van der Waals surface area contributed by atoms with Crippen molar-refractivity contribution < 1.29 is 39.5 Å². The van der Waals surface area contributed by atoms with Crippen molar-refractivity contribution in [1.82, 2.24) is 9.13 Å². The van der Waals surface area contributed by atoms with Crippen LogP contribution in [0.25, 0.3) is 93.2 Å². The Kier molecular flexibility index (Phi) is 10.0. The summed E-state index contributed by atoms with van der Waals surface area (Å²) in [6.45, 7) is 11.3. The van der Waals surface area contributed by atoms with Crippen molar-refractivity contribution in [3.63, 3.8) is 0 Å². The lowest BCUT2D eigenvalue weighted by Gasteiger charge is -2.22. The molecule has 2 aromatic heterocycles. The van der Waals surface area contributed by atoms with Crippen LogP contribution in [0.4, 0.5) is 45.2 Å². The van der Waals surface area contributed by atoms with Crippen LogP contribution in [-0.4, -0.2) is 9.13 Å². The van der Waals surface area contributed by atoms with Crippen molar-refractivity contribution in [2.75, 3.05) is 0 Å². The fourth-order valence-electron chi connectivity index (χ4n) is 9.44. The average molecular weight is 919 g/mol. The summed E-state index contributed by atoms with van der Waals surface area (Å²) < 4.78 is 133. The van der Waals surface area contributed by atoms with E-state index in [2.05, 4.69) is 10.9 Å². The van der Waals surface area contributed by atoms with E-state index in [9.17, 15) is 31.6 Å². The Morgan fingerprint density at radius 3 is 1.43 bits per heavy atom. The second-order valence-electron chi connectivity index (χ2n) is 16.6. The topological polar surface area (TPSA) is 38.0 Å². The molecule has 10 rings (SSSR count). The maximum absolute atomic E-state index is 15.3. The highest BCUT2D eigenvalue weighted by Gasteiger charge is 2.37. The second kappa shape index (κ2) is 15.7. The van der Waals surface area contributed by atoms with Crippen LogP contribution in [0.3, 0.4) is 0 Å². The molecule has 4 nitrogen and oxygen atoms in total. The normalized spacial score (nSPS) is 12.3. The average Bonchev–Trinajstić information content (AvgIpc) is 3.81. The van der Waals surface area contributed by atoms with Crippen LogP contribution in [-0.2, 0) is 18.5 Å². The first-order chi connectivity index (χ1) is 32.3.